The van der Waals surface area contributed by atoms with Crippen LogP contribution in [0.15, 0.2) is 18.3 Å². The van der Waals surface area contributed by atoms with Crippen molar-refractivity contribution in [2.45, 2.75) is 25.9 Å². The Kier molecular flexibility index (Phi) is 6.39. The topological polar surface area (TPSA) is 69.6 Å². The summed E-state index contributed by atoms with van der Waals surface area (Å²) in [6, 6.07) is 4.09. The summed E-state index contributed by atoms with van der Waals surface area (Å²) in [4.78, 5) is 28.5. The summed E-state index contributed by atoms with van der Waals surface area (Å²) in [6.07, 6.45) is 2.01. The minimum Gasteiger partial charge on any atom is -0.353 e. The zero-order chi connectivity index (χ0) is 17.7. The molecule has 1 saturated heterocycles. The molecule has 0 bridgehead atoms. The van der Waals surface area contributed by atoms with Crippen LogP contribution in [0.5, 0.6) is 0 Å². The summed E-state index contributed by atoms with van der Waals surface area (Å²) in [6.45, 7) is 7.99. The highest BCUT2D eigenvalue weighted by atomic mass is 16.2. The van der Waals surface area contributed by atoms with Gasteiger partial charge in [-0.2, -0.15) is 0 Å². The van der Waals surface area contributed by atoms with Crippen molar-refractivity contribution in [3.63, 3.8) is 0 Å². The van der Waals surface area contributed by atoms with Crippen molar-refractivity contribution in [1.29, 1.82) is 0 Å². The molecule has 0 aliphatic carbocycles. The van der Waals surface area contributed by atoms with Gasteiger partial charge in [0.1, 0.15) is 0 Å². The molecule has 1 atom stereocenters. The van der Waals surface area contributed by atoms with Crippen LogP contribution in [0.3, 0.4) is 0 Å². The first kappa shape index (κ1) is 18.5. The number of hydrogen-bond acceptors (Lipinski definition) is 4. The highest BCUT2D eigenvalue weighted by molar-refractivity contribution is 6.35. The molecule has 1 aromatic heterocycles. The first-order valence-corrected chi connectivity index (χ1v) is 8.51. The van der Waals surface area contributed by atoms with Crippen molar-refractivity contribution in [2.24, 2.45) is 7.05 Å². The number of amides is 2. The molecule has 7 nitrogen and oxygen atoms in total. The fourth-order valence-electron chi connectivity index (χ4n) is 2.97. The average Bonchev–Trinajstić information content (AvgIpc) is 2.94. The Morgan fingerprint density at radius 3 is 2.33 bits per heavy atom. The Labute approximate surface area is 144 Å². The number of carbonyl (C=O) groups excluding carboxylic acids is 2. The molecule has 0 radical (unpaired) electrons. The molecule has 134 valence electrons. The van der Waals surface area contributed by atoms with Crippen LogP contribution in [0, 0.1) is 0 Å². The number of piperazine rings is 1. The van der Waals surface area contributed by atoms with E-state index in [-0.39, 0.29) is 12.1 Å². The standard InChI is InChI=1S/C17H29N5O2/c1-13(2)19-17(24)16(23)18-12-15(14-6-5-7-21(14)4)22-10-8-20(3)9-11-22/h5-7,13,15H,8-12H2,1-4H3,(H,18,23)(H,19,24). The molecule has 0 spiro atoms. The second kappa shape index (κ2) is 8.30. The van der Waals surface area contributed by atoms with Crippen LogP contribution in [0.1, 0.15) is 25.6 Å². The lowest BCUT2D eigenvalue weighted by Crippen LogP contribution is -2.50. The summed E-state index contributed by atoms with van der Waals surface area (Å²) in [7, 11) is 4.12. The summed E-state index contributed by atoms with van der Waals surface area (Å²) in [5, 5.41) is 5.41. The normalized spacial score (nSPS) is 17.7. The van der Waals surface area contributed by atoms with Crippen LogP contribution in [0.25, 0.3) is 0 Å². The van der Waals surface area contributed by atoms with E-state index in [0.29, 0.717) is 6.54 Å². The lowest BCUT2D eigenvalue weighted by atomic mass is 10.1. The number of hydrogen-bond donors (Lipinski definition) is 2. The van der Waals surface area contributed by atoms with Gasteiger partial charge >= 0.3 is 11.8 Å². The fraction of sp³-hybridized carbons (Fsp3) is 0.647. The summed E-state index contributed by atoms with van der Waals surface area (Å²) < 4.78 is 2.07. The van der Waals surface area contributed by atoms with Gasteiger partial charge in [-0.3, -0.25) is 14.5 Å². The summed E-state index contributed by atoms with van der Waals surface area (Å²) >= 11 is 0. The summed E-state index contributed by atoms with van der Waals surface area (Å²) in [5.74, 6) is -1.15. The quantitative estimate of drug-likeness (QED) is 0.741. The molecular weight excluding hydrogens is 306 g/mol. The first-order chi connectivity index (χ1) is 11.4. The van der Waals surface area contributed by atoms with Gasteiger partial charge in [0.25, 0.3) is 0 Å². The zero-order valence-corrected chi connectivity index (χ0v) is 15.1. The second-order valence-corrected chi connectivity index (χ2v) is 6.74. The lowest BCUT2D eigenvalue weighted by Gasteiger charge is -2.38. The average molecular weight is 335 g/mol. The van der Waals surface area contributed by atoms with E-state index in [4.69, 9.17) is 0 Å². The number of aromatic nitrogens is 1. The molecule has 0 aromatic carbocycles. The number of nitrogens with one attached hydrogen (secondary N) is 2. The van der Waals surface area contributed by atoms with Gasteiger partial charge < -0.3 is 20.1 Å². The van der Waals surface area contributed by atoms with E-state index in [1.807, 2.05) is 33.2 Å². The highest BCUT2D eigenvalue weighted by Gasteiger charge is 2.26. The Bertz CT molecular complexity index is 561. The molecule has 1 unspecified atom stereocenters. The van der Waals surface area contributed by atoms with Gasteiger partial charge in [0, 0.05) is 57.7 Å². The van der Waals surface area contributed by atoms with E-state index in [1.54, 1.807) is 0 Å². The van der Waals surface area contributed by atoms with Gasteiger partial charge in [-0.15, -0.1) is 0 Å². The van der Waals surface area contributed by atoms with E-state index in [9.17, 15) is 9.59 Å². The lowest BCUT2D eigenvalue weighted by molar-refractivity contribution is -0.139. The third-order valence-corrected chi connectivity index (χ3v) is 4.39. The van der Waals surface area contributed by atoms with Gasteiger partial charge in [0.15, 0.2) is 0 Å². The molecule has 24 heavy (non-hydrogen) atoms. The zero-order valence-electron chi connectivity index (χ0n) is 15.1. The number of carbonyl (C=O) groups is 2. The SMILES string of the molecule is CC(C)NC(=O)C(=O)NCC(c1cccn1C)N1CCN(C)CC1. The van der Waals surface area contributed by atoms with Crippen LogP contribution in [0.2, 0.25) is 0 Å². The maximum atomic E-state index is 12.0. The smallest absolute Gasteiger partial charge is 0.309 e. The molecule has 2 amide bonds. The van der Waals surface area contributed by atoms with Crippen LogP contribution >= 0.6 is 0 Å². The third-order valence-electron chi connectivity index (χ3n) is 4.39. The Morgan fingerprint density at radius 1 is 1.12 bits per heavy atom. The van der Waals surface area contributed by atoms with Crippen LogP contribution < -0.4 is 10.6 Å². The van der Waals surface area contributed by atoms with Gasteiger partial charge in [0.05, 0.1) is 6.04 Å². The van der Waals surface area contributed by atoms with Gasteiger partial charge in [-0.1, -0.05) is 0 Å². The predicted octanol–water partition coefficient (Wildman–Crippen LogP) is -0.0456. The number of aryl methyl sites for hydroxylation is 1. The molecule has 1 aliphatic heterocycles. The molecule has 1 fully saturated rings. The van der Waals surface area contributed by atoms with E-state index in [1.165, 1.54) is 0 Å². The largest absolute Gasteiger partial charge is 0.353 e. The molecule has 2 N–H and O–H groups in total. The van der Waals surface area contributed by atoms with Crippen molar-refractivity contribution in [3.05, 3.63) is 24.0 Å². The Hall–Kier alpha value is -1.86. The fourth-order valence-corrected chi connectivity index (χ4v) is 2.97. The molecule has 2 heterocycles. The number of rotatable bonds is 5. The summed E-state index contributed by atoms with van der Waals surface area (Å²) in [5.41, 5.74) is 1.14. The van der Waals surface area contributed by atoms with Gasteiger partial charge in [0.2, 0.25) is 0 Å². The molecule has 1 aliphatic rings. The molecule has 1 aromatic rings. The van der Waals surface area contributed by atoms with Crippen molar-refractivity contribution >= 4 is 11.8 Å². The number of likely N-dealkylation sites (N-methyl/N-ethyl adjacent to an activating group) is 1. The maximum Gasteiger partial charge on any atom is 0.309 e. The molecule has 0 saturated carbocycles. The van der Waals surface area contributed by atoms with Gasteiger partial charge in [-0.05, 0) is 33.0 Å². The Balaban J connectivity index is 2.03. The van der Waals surface area contributed by atoms with Crippen molar-refractivity contribution in [3.8, 4) is 0 Å². The second-order valence-electron chi connectivity index (χ2n) is 6.74. The minimum atomic E-state index is -0.575. The molecule has 7 heteroatoms. The third kappa shape index (κ3) is 4.82. The minimum absolute atomic E-state index is 0.0513. The van der Waals surface area contributed by atoms with Crippen LogP contribution in [0.4, 0.5) is 0 Å². The maximum absolute atomic E-state index is 12.0. The van der Waals surface area contributed by atoms with Crippen molar-refractivity contribution in [1.82, 2.24) is 25.0 Å². The van der Waals surface area contributed by atoms with Crippen molar-refractivity contribution in [2.75, 3.05) is 39.8 Å². The Morgan fingerprint density at radius 2 is 1.79 bits per heavy atom. The monoisotopic (exact) mass is 335 g/mol. The van der Waals surface area contributed by atoms with E-state index < -0.39 is 11.8 Å². The van der Waals surface area contributed by atoms with Crippen molar-refractivity contribution < 1.29 is 9.59 Å². The first-order valence-electron chi connectivity index (χ1n) is 8.51. The van der Waals surface area contributed by atoms with E-state index in [2.05, 4.69) is 38.1 Å². The van der Waals surface area contributed by atoms with Crippen LogP contribution in [-0.4, -0.2) is 72.0 Å². The van der Waals surface area contributed by atoms with Crippen LogP contribution in [-0.2, 0) is 16.6 Å². The molecular formula is C17H29N5O2. The van der Waals surface area contributed by atoms with E-state index >= 15 is 0 Å². The van der Waals surface area contributed by atoms with Gasteiger partial charge in [-0.25, -0.2) is 0 Å². The highest BCUT2D eigenvalue weighted by Crippen LogP contribution is 2.21. The number of nitrogens with zero attached hydrogens (tertiary/aromatic N) is 3. The predicted molar refractivity (Wildman–Crippen MR) is 93.5 cm³/mol. The molecule has 2 rings (SSSR count). The van der Waals surface area contributed by atoms with E-state index in [0.717, 1.165) is 31.9 Å².